The SMILES string of the molecule is Cc1cc(NC(=O)c2ccc(F)cc2F)sn1. The molecule has 88 valence electrons. The van der Waals surface area contributed by atoms with Gasteiger partial charge >= 0.3 is 0 Å². The van der Waals surface area contributed by atoms with Gasteiger partial charge in [-0.3, -0.25) is 4.79 Å². The third-order valence-corrected chi connectivity index (χ3v) is 2.84. The van der Waals surface area contributed by atoms with Crippen molar-refractivity contribution >= 4 is 22.4 Å². The van der Waals surface area contributed by atoms with Crippen LogP contribution in [0.25, 0.3) is 0 Å². The van der Waals surface area contributed by atoms with Gasteiger partial charge in [0.05, 0.1) is 11.3 Å². The number of nitrogens with one attached hydrogen (secondary N) is 1. The van der Waals surface area contributed by atoms with Crippen molar-refractivity contribution in [2.45, 2.75) is 6.92 Å². The normalized spacial score (nSPS) is 10.3. The maximum absolute atomic E-state index is 13.3. The van der Waals surface area contributed by atoms with E-state index in [1.807, 2.05) is 0 Å². The van der Waals surface area contributed by atoms with Crippen molar-refractivity contribution in [1.82, 2.24) is 4.37 Å². The van der Waals surface area contributed by atoms with Crippen molar-refractivity contribution in [3.63, 3.8) is 0 Å². The molecule has 0 fully saturated rings. The van der Waals surface area contributed by atoms with Crippen molar-refractivity contribution in [1.29, 1.82) is 0 Å². The molecule has 0 saturated heterocycles. The zero-order valence-electron chi connectivity index (χ0n) is 8.83. The first-order valence-electron chi connectivity index (χ1n) is 4.76. The Kier molecular flexibility index (Phi) is 3.14. The van der Waals surface area contributed by atoms with E-state index >= 15 is 0 Å². The molecule has 0 unspecified atom stereocenters. The molecule has 2 rings (SSSR count). The Morgan fingerprint density at radius 3 is 2.71 bits per heavy atom. The van der Waals surface area contributed by atoms with E-state index in [4.69, 9.17) is 0 Å². The number of rotatable bonds is 2. The summed E-state index contributed by atoms with van der Waals surface area (Å²) in [7, 11) is 0. The summed E-state index contributed by atoms with van der Waals surface area (Å²) in [6.07, 6.45) is 0. The number of amides is 1. The van der Waals surface area contributed by atoms with Gasteiger partial charge in [-0.15, -0.1) is 0 Å². The summed E-state index contributed by atoms with van der Waals surface area (Å²) >= 11 is 1.10. The summed E-state index contributed by atoms with van der Waals surface area (Å²) < 4.78 is 29.9. The van der Waals surface area contributed by atoms with Gasteiger partial charge in [-0.05, 0) is 36.7 Å². The van der Waals surface area contributed by atoms with Gasteiger partial charge < -0.3 is 5.32 Å². The van der Waals surface area contributed by atoms with Crippen molar-refractivity contribution in [2.75, 3.05) is 5.32 Å². The molecule has 0 aliphatic heterocycles. The number of carbonyl (C=O) groups is 1. The minimum atomic E-state index is -0.885. The molecule has 1 N–H and O–H groups in total. The van der Waals surface area contributed by atoms with Crippen LogP contribution in [0.3, 0.4) is 0 Å². The second-order valence-electron chi connectivity index (χ2n) is 3.41. The number of benzene rings is 1. The first kappa shape index (κ1) is 11.7. The van der Waals surface area contributed by atoms with Gasteiger partial charge in [0.2, 0.25) is 0 Å². The predicted molar refractivity (Wildman–Crippen MR) is 61.2 cm³/mol. The summed E-state index contributed by atoms with van der Waals surface area (Å²) in [5, 5.41) is 3.02. The third kappa shape index (κ3) is 2.65. The van der Waals surface area contributed by atoms with Gasteiger partial charge in [0, 0.05) is 6.07 Å². The number of aromatic nitrogens is 1. The van der Waals surface area contributed by atoms with E-state index in [0.717, 1.165) is 29.4 Å². The van der Waals surface area contributed by atoms with E-state index in [0.29, 0.717) is 11.1 Å². The van der Waals surface area contributed by atoms with Crippen LogP contribution >= 0.6 is 11.5 Å². The first-order chi connectivity index (χ1) is 8.06. The molecule has 1 aromatic carbocycles. The molecule has 3 nitrogen and oxygen atoms in total. The van der Waals surface area contributed by atoms with Crippen LogP contribution in [0.15, 0.2) is 24.3 Å². The Morgan fingerprint density at radius 1 is 1.35 bits per heavy atom. The van der Waals surface area contributed by atoms with E-state index in [9.17, 15) is 13.6 Å². The zero-order chi connectivity index (χ0) is 12.4. The molecule has 6 heteroatoms. The topological polar surface area (TPSA) is 42.0 Å². The van der Waals surface area contributed by atoms with Gasteiger partial charge in [0.1, 0.15) is 16.6 Å². The fourth-order valence-electron chi connectivity index (χ4n) is 1.28. The Labute approximate surface area is 100 Å². The number of hydrogen-bond acceptors (Lipinski definition) is 3. The summed E-state index contributed by atoms with van der Waals surface area (Å²) in [6, 6.07) is 4.49. The van der Waals surface area contributed by atoms with Crippen molar-refractivity contribution in [3.8, 4) is 0 Å². The van der Waals surface area contributed by atoms with E-state index in [-0.39, 0.29) is 5.56 Å². The Balaban J connectivity index is 2.20. The van der Waals surface area contributed by atoms with Gasteiger partial charge in [0.25, 0.3) is 5.91 Å². The molecule has 0 saturated carbocycles. The third-order valence-electron chi connectivity index (χ3n) is 2.04. The summed E-state index contributed by atoms with van der Waals surface area (Å²) in [6.45, 7) is 1.78. The van der Waals surface area contributed by atoms with E-state index in [2.05, 4.69) is 9.69 Å². The molecule has 2 aromatic rings. The number of hydrogen-bond donors (Lipinski definition) is 1. The Hall–Kier alpha value is -1.82. The van der Waals surface area contributed by atoms with Crippen molar-refractivity contribution in [3.05, 3.63) is 47.2 Å². The van der Waals surface area contributed by atoms with Crippen LogP contribution in [0.4, 0.5) is 13.8 Å². The molecular formula is C11H8F2N2OS. The number of aryl methyl sites for hydroxylation is 1. The lowest BCUT2D eigenvalue weighted by molar-refractivity contribution is 0.102. The average Bonchev–Trinajstić information content (AvgIpc) is 2.63. The number of carbonyl (C=O) groups excluding carboxylic acids is 1. The highest BCUT2D eigenvalue weighted by Crippen LogP contribution is 2.17. The largest absolute Gasteiger partial charge is 0.312 e. The monoisotopic (exact) mass is 254 g/mol. The highest BCUT2D eigenvalue weighted by Gasteiger charge is 2.13. The molecule has 1 heterocycles. The zero-order valence-corrected chi connectivity index (χ0v) is 9.65. The second kappa shape index (κ2) is 4.58. The van der Waals surface area contributed by atoms with E-state index in [1.165, 1.54) is 0 Å². The van der Waals surface area contributed by atoms with Gasteiger partial charge in [-0.2, -0.15) is 4.37 Å². The highest BCUT2D eigenvalue weighted by atomic mass is 32.1. The fourth-order valence-corrected chi connectivity index (χ4v) is 1.93. The minimum absolute atomic E-state index is 0.197. The number of halogens is 2. The van der Waals surface area contributed by atoms with Gasteiger partial charge in [0.15, 0.2) is 0 Å². The first-order valence-corrected chi connectivity index (χ1v) is 5.53. The summed E-state index contributed by atoms with van der Waals surface area (Å²) in [5.41, 5.74) is 0.572. The quantitative estimate of drug-likeness (QED) is 0.895. The fraction of sp³-hybridized carbons (Fsp3) is 0.0909. The lowest BCUT2D eigenvalue weighted by atomic mass is 10.2. The maximum atomic E-state index is 13.3. The minimum Gasteiger partial charge on any atom is -0.312 e. The van der Waals surface area contributed by atoms with Crippen LogP contribution in [0.2, 0.25) is 0 Å². The Bertz CT molecular complexity index is 568. The molecule has 1 aromatic heterocycles. The smallest absolute Gasteiger partial charge is 0.259 e. The van der Waals surface area contributed by atoms with Gasteiger partial charge in [-0.25, -0.2) is 8.78 Å². The molecule has 0 aliphatic carbocycles. The highest BCUT2D eigenvalue weighted by molar-refractivity contribution is 7.10. The standard InChI is InChI=1S/C11H8F2N2OS/c1-6-4-10(17-15-6)14-11(16)8-3-2-7(12)5-9(8)13/h2-5H,1H3,(H,14,16). The molecule has 0 bridgehead atoms. The molecule has 0 radical (unpaired) electrons. The lowest BCUT2D eigenvalue weighted by Gasteiger charge is -2.03. The molecule has 17 heavy (non-hydrogen) atoms. The average molecular weight is 254 g/mol. The van der Waals surface area contributed by atoms with Crippen LogP contribution in [-0.2, 0) is 0 Å². The van der Waals surface area contributed by atoms with E-state index in [1.54, 1.807) is 13.0 Å². The maximum Gasteiger partial charge on any atom is 0.259 e. The summed E-state index contributed by atoms with van der Waals surface area (Å²) in [5.74, 6) is -2.22. The van der Waals surface area contributed by atoms with Crippen LogP contribution in [0, 0.1) is 18.6 Å². The van der Waals surface area contributed by atoms with E-state index < -0.39 is 17.5 Å². The van der Waals surface area contributed by atoms with Crippen molar-refractivity contribution < 1.29 is 13.6 Å². The molecule has 1 amide bonds. The van der Waals surface area contributed by atoms with Crippen molar-refractivity contribution in [2.24, 2.45) is 0 Å². The predicted octanol–water partition coefficient (Wildman–Crippen LogP) is 2.98. The van der Waals surface area contributed by atoms with Crippen LogP contribution < -0.4 is 5.32 Å². The van der Waals surface area contributed by atoms with Crippen LogP contribution in [0.1, 0.15) is 16.1 Å². The number of anilines is 1. The van der Waals surface area contributed by atoms with Crippen LogP contribution in [-0.4, -0.2) is 10.3 Å². The second-order valence-corrected chi connectivity index (χ2v) is 4.22. The molecular weight excluding hydrogens is 246 g/mol. The molecule has 0 spiro atoms. The van der Waals surface area contributed by atoms with Crippen LogP contribution in [0.5, 0.6) is 0 Å². The summed E-state index contributed by atoms with van der Waals surface area (Å²) in [4.78, 5) is 11.7. The Morgan fingerprint density at radius 2 is 2.12 bits per heavy atom. The molecule has 0 aliphatic rings. The molecule has 0 atom stereocenters. The van der Waals surface area contributed by atoms with Gasteiger partial charge in [-0.1, -0.05) is 0 Å². The lowest BCUT2D eigenvalue weighted by Crippen LogP contribution is -2.13. The number of nitrogens with zero attached hydrogens (tertiary/aromatic N) is 1.